The van der Waals surface area contributed by atoms with Crippen LogP contribution < -0.4 is 0 Å². The molecule has 0 spiro atoms. The number of sulfone groups is 1. The third-order valence-corrected chi connectivity index (χ3v) is 7.00. The Morgan fingerprint density at radius 2 is 1.86 bits per heavy atom. The second-order valence-electron chi connectivity index (χ2n) is 6.99. The van der Waals surface area contributed by atoms with Crippen molar-refractivity contribution in [1.82, 2.24) is 9.47 Å². The summed E-state index contributed by atoms with van der Waals surface area (Å²) in [7, 11) is -2.01. The van der Waals surface area contributed by atoms with Gasteiger partial charge >= 0.3 is 5.97 Å². The van der Waals surface area contributed by atoms with Crippen molar-refractivity contribution in [3.8, 4) is 0 Å². The van der Waals surface area contributed by atoms with Crippen LogP contribution in [0.1, 0.15) is 35.8 Å². The Morgan fingerprint density at radius 1 is 1.18 bits per heavy atom. The number of methoxy groups -OCH3 is 1. The zero-order valence-corrected chi connectivity index (χ0v) is 16.7. The lowest BCUT2D eigenvalue weighted by Gasteiger charge is -2.33. The molecule has 0 radical (unpaired) electrons. The lowest BCUT2D eigenvalue weighted by Crippen LogP contribution is -2.36. The average molecular weight is 408 g/mol. The molecule has 0 bridgehead atoms. The van der Waals surface area contributed by atoms with Crippen molar-refractivity contribution in [3.05, 3.63) is 54.1 Å². The first-order valence-electron chi connectivity index (χ1n) is 9.36. The number of carbonyl (C=O) groups excluding carboxylic acids is 1. The van der Waals surface area contributed by atoms with E-state index < -0.39 is 15.7 Å². The molecule has 0 amide bonds. The number of esters is 1. The van der Waals surface area contributed by atoms with Crippen molar-refractivity contribution in [2.45, 2.75) is 30.2 Å². The van der Waals surface area contributed by atoms with Crippen LogP contribution in [0.25, 0.3) is 0 Å². The Kier molecular flexibility index (Phi) is 6.51. The molecule has 1 aromatic heterocycles. The standard InChI is InChI=1S/C20H25FN2O4S/c1-27-20(24)19-4-2-12-23(19)17-9-13-22(14-10-17)11-3-15-28(25,26)18-7-5-16(21)6-8-18/h2,4-8,12,17H,3,9-11,13-15H2,1H3. The van der Waals surface area contributed by atoms with Gasteiger partial charge in [-0.15, -0.1) is 0 Å². The number of likely N-dealkylation sites (tertiary alicyclic amines) is 1. The van der Waals surface area contributed by atoms with Gasteiger partial charge in [-0.1, -0.05) is 0 Å². The van der Waals surface area contributed by atoms with E-state index in [0.29, 0.717) is 18.7 Å². The van der Waals surface area contributed by atoms with Crippen LogP contribution in [0.2, 0.25) is 0 Å². The van der Waals surface area contributed by atoms with Crippen LogP contribution in [-0.2, 0) is 14.6 Å². The first-order valence-corrected chi connectivity index (χ1v) is 11.0. The Labute approximate surface area is 164 Å². The highest BCUT2D eigenvalue weighted by molar-refractivity contribution is 7.91. The highest BCUT2D eigenvalue weighted by atomic mass is 32.2. The summed E-state index contributed by atoms with van der Waals surface area (Å²) in [5.74, 6) is -0.735. The van der Waals surface area contributed by atoms with Gasteiger partial charge in [0.2, 0.25) is 0 Å². The summed E-state index contributed by atoms with van der Waals surface area (Å²) in [6, 6.07) is 8.81. The van der Waals surface area contributed by atoms with E-state index in [1.165, 1.54) is 31.4 Å². The van der Waals surface area contributed by atoms with Crippen molar-refractivity contribution in [3.63, 3.8) is 0 Å². The minimum absolute atomic E-state index is 0.0443. The second-order valence-corrected chi connectivity index (χ2v) is 9.10. The molecule has 1 aliphatic rings. The molecule has 28 heavy (non-hydrogen) atoms. The minimum Gasteiger partial charge on any atom is -0.464 e. The number of aromatic nitrogens is 1. The van der Waals surface area contributed by atoms with Gasteiger partial charge in [-0.2, -0.15) is 0 Å². The number of rotatable bonds is 7. The van der Waals surface area contributed by atoms with E-state index in [1.54, 1.807) is 6.07 Å². The molecule has 152 valence electrons. The van der Waals surface area contributed by atoms with Gasteiger partial charge in [0.25, 0.3) is 0 Å². The molecule has 1 aromatic carbocycles. The van der Waals surface area contributed by atoms with E-state index in [4.69, 9.17) is 4.74 Å². The van der Waals surface area contributed by atoms with Crippen molar-refractivity contribution >= 4 is 15.8 Å². The maximum absolute atomic E-state index is 13.0. The molecule has 0 saturated carbocycles. The third-order valence-electron chi connectivity index (χ3n) is 5.18. The topological polar surface area (TPSA) is 68.6 Å². The second kappa shape index (κ2) is 8.87. The summed E-state index contributed by atoms with van der Waals surface area (Å²) >= 11 is 0. The number of hydrogen-bond acceptors (Lipinski definition) is 5. The van der Waals surface area contributed by atoms with Crippen molar-refractivity contribution in [2.75, 3.05) is 32.5 Å². The van der Waals surface area contributed by atoms with Gasteiger partial charge in [0.15, 0.2) is 9.84 Å². The van der Waals surface area contributed by atoms with E-state index in [2.05, 4.69) is 4.90 Å². The fraction of sp³-hybridized carbons (Fsp3) is 0.450. The van der Waals surface area contributed by atoms with Crippen molar-refractivity contribution < 1.29 is 22.3 Å². The first-order chi connectivity index (χ1) is 13.4. The molecule has 1 fully saturated rings. The highest BCUT2D eigenvalue weighted by Gasteiger charge is 2.24. The van der Waals surface area contributed by atoms with Crippen LogP contribution in [0.15, 0.2) is 47.5 Å². The molecule has 6 nitrogen and oxygen atoms in total. The summed E-state index contributed by atoms with van der Waals surface area (Å²) in [4.78, 5) is 14.3. The van der Waals surface area contributed by atoms with Gasteiger partial charge in [0.05, 0.1) is 17.8 Å². The zero-order valence-electron chi connectivity index (χ0n) is 15.9. The van der Waals surface area contributed by atoms with Gasteiger partial charge in [-0.3, -0.25) is 0 Å². The Morgan fingerprint density at radius 3 is 2.50 bits per heavy atom. The van der Waals surface area contributed by atoms with Gasteiger partial charge < -0.3 is 14.2 Å². The van der Waals surface area contributed by atoms with E-state index in [9.17, 15) is 17.6 Å². The van der Waals surface area contributed by atoms with Crippen molar-refractivity contribution in [2.24, 2.45) is 0 Å². The van der Waals surface area contributed by atoms with E-state index in [-0.39, 0.29) is 22.7 Å². The summed E-state index contributed by atoms with van der Waals surface area (Å²) in [6.07, 6.45) is 4.22. The molecule has 0 N–H and O–H groups in total. The van der Waals surface area contributed by atoms with E-state index >= 15 is 0 Å². The third kappa shape index (κ3) is 4.80. The van der Waals surface area contributed by atoms with Crippen LogP contribution >= 0.6 is 0 Å². The van der Waals surface area contributed by atoms with Crippen LogP contribution in [-0.4, -0.2) is 56.4 Å². The van der Waals surface area contributed by atoms with Crippen LogP contribution in [0.3, 0.4) is 0 Å². The predicted molar refractivity (Wildman–Crippen MR) is 104 cm³/mol. The average Bonchev–Trinajstić information content (AvgIpc) is 3.18. The number of piperidine rings is 1. The van der Waals surface area contributed by atoms with Gasteiger partial charge in [0, 0.05) is 25.3 Å². The molecular weight excluding hydrogens is 383 g/mol. The number of benzene rings is 1. The molecular formula is C20H25FN2O4S. The summed E-state index contributed by atoms with van der Waals surface area (Å²) in [5.41, 5.74) is 0.561. The normalized spacial score (nSPS) is 16.2. The van der Waals surface area contributed by atoms with E-state index in [1.807, 2.05) is 16.8 Å². The molecule has 1 saturated heterocycles. The van der Waals surface area contributed by atoms with Gasteiger partial charge in [0.1, 0.15) is 11.5 Å². The monoisotopic (exact) mass is 408 g/mol. The first kappa shape index (κ1) is 20.5. The van der Waals surface area contributed by atoms with Crippen molar-refractivity contribution in [1.29, 1.82) is 0 Å². The summed E-state index contributed by atoms with van der Waals surface area (Å²) < 4.78 is 44.4. The number of nitrogens with zero attached hydrogens (tertiary/aromatic N) is 2. The number of ether oxygens (including phenoxy) is 1. The largest absolute Gasteiger partial charge is 0.464 e. The van der Waals surface area contributed by atoms with Crippen LogP contribution in [0, 0.1) is 5.82 Å². The molecule has 2 heterocycles. The molecule has 8 heteroatoms. The smallest absolute Gasteiger partial charge is 0.354 e. The SMILES string of the molecule is COC(=O)c1cccn1C1CCN(CCCS(=O)(=O)c2ccc(F)cc2)CC1. The lowest BCUT2D eigenvalue weighted by molar-refractivity contribution is 0.0582. The molecule has 3 rings (SSSR count). The molecule has 0 atom stereocenters. The minimum atomic E-state index is -3.39. The van der Waals surface area contributed by atoms with Crippen LogP contribution in [0.4, 0.5) is 4.39 Å². The van der Waals surface area contributed by atoms with Gasteiger partial charge in [-0.25, -0.2) is 17.6 Å². The summed E-state index contributed by atoms with van der Waals surface area (Å²) in [6.45, 7) is 2.39. The zero-order chi connectivity index (χ0) is 20.1. The van der Waals surface area contributed by atoms with E-state index in [0.717, 1.165) is 25.9 Å². The van der Waals surface area contributed by atoms with Gasteiger partial charge in [-0.05, 0) is 62.2 Å². The summed E-state index contributed by atoms with van der Waals surface area (Å²) in [5, 5.41) is 0. The molecule has 2 aromatic rings. The molecule has 0 unspecified atom stereocenters. The quantitative estimate of drug-likeness (QED) is 0.521. The number of hydrogen-bond donors (Lipinski definition) is 0. The van der Waals surface area contributed by atoms with Crippen LogP contribution in [0.5, 0.6) is 0 Å². The molecule has 1 aliphatic heterocycles. The Bertz CT molecular complexity index is 901. The highest BCUT2D eigenvalue weighted by Crippen LogP contribution is 2.25. The Balaban J connectivity index is 1.48. The maximum atomic E-state index is 13.0. The Hall–Kier alpha value is -2.19. The fourth-order valence-electron chi connectivity index (χ4n) is 3.65. The fourth-order valence-corrected chi connectivity index (χ4v) is 4.94. The predicted octanol–water partition coefficient (Wildman–Crippen LogP) is 2.91. The lowest BCUT2D eigenvalue weighted by atomic mass is 10.0. The number of halogens is 1. The molecule has 0 aliphatic carbocycles. The number of carbonyl (C=O) groups is 1. The maximum Gasteiger partial charge on any atom is 0.354 e.